The van der Waals surface area contributed by atoms with E-state index in [-0.39, 0.29) is 11.3 Å². The van der Waals surface area contributed by atoms with Gasteiger partial charge in [-0.15, -0.1) is 0 Å². The van der Waals surface area contributed by atoms with Crippen molar-refractivity contribution in [1.29, 1.82) is 0 Å². The van der Waals surface area contributed by atoms with Crippen LogP contribution in [-0.4, -0.2) is 60.5 Å². The van der Waals surface area contributed by atoms with Gasteiger partial charge in [0.2, 0.25) is 5.91 Å². The lowest BCUT2D eigenvalue weighted by Crippen LogP contribution is -2.70. The van der Waals surface area contributed by atoms with Gasteiger partial charge in [-0.1, -0.05) is 18.7 Å². The van der Waals surface area contributed by atoms with Gasteiger partial charge in [-0.05, 0) is 69.2 Å². The molecule has 1 saturated heterocycles. The molecule has 0 spiro atoms. The Morgan fingerprint density at radius 3 is 2.58 bits per heavy atom. The summed E-state index contributed by atoms with van der Waals surface area (Å²) in [6.45, 7) is 13.3. The highest BCUT2D eigenvalue weighted by Crippen LogP contribution is 2.73. The van der Waals surface area contributed by atoms with Crippen molar-refractivity contribution in [3.63, 3.8) is 0 Å². The molecular weight excluding hydrogens is 412 g/mol. The highest BCUT2D eigenvalue weighted by Gasteiger charge is 2.71. The van der Waals surface area contributed by atoms with Gasteiger partial charge in [-0.2, -0.15) is 0 Å². The van der Waals surface area contributed by atoms with Gasteiger partial charge in [-0.3, -0.25) is 4.79 Å². The first-order chi connectivity index (χ1) is 15.8. The highest BCUT2D eigenvalue weighted by molar-refractivity contribution is 5.98. The van der Waals surface area contributed by atoms with E-state index in [4.69, 9.17) is 4.74 Å². The van der Waals surface area contributed by atoms with Crippen LogP contribution >= 0.6 is 0 Å². The monoisotopic (exact) mass is 446 g/mol. The fourth-order valence-electron chi connectivity index (χ4n) is 5.97. The third-order valence-electron chi connectivity index (χ3n) is 7.57. The highest BCUT2D eigenvalue weighted by atomic mass is 16.5. The molecular formula is C27H34N4O2. The summed E-state index contributed by atoms with van der Waals surface area (Å²) in [5.74, 6) is 2.16. The Labute approximate surface area is 196 Å². The molecule has 3 saturated carbocycles. The van der Waals surface area contributed by atoms with Crippen LogP contribution in [0.25, 0.3) is 16.5 Å². The molecule has 0 radical (unpaired) electrons. The zero-order valence-corrected chi connectivity index (χ0v) is 20.0. The second-order valence-corrected chi connectivity index (χ2v) is 10.4. The van der Waals surface area contributed by atoms with Crippen molar-refractivity contribution in [2.75, 3.05) is 45.1 Å². The number of amides is 1. The summed E-state index contributed by atoms with van der Waals surface area (Å²) >= 11 is 0. The number of hydrogen-bond acceptors (Lipinski definition) is 5. The van der Waals surface area contributed by atoms with E-state index in [2.05, 4.69) is 39.8 Å². The minimum absolute atomic E-state index is 0.130. The molecule has 4 fully saturated rings. The normalized spacial score (nSPS) is 27.5. The van der Waals surface area contributed by atoms with Crippen LogP contribution in [0.5, 0.6) is 0 Å². The number of likely N-dealkylation sites (N-methyl/N-ethyl adjacent to an activating group) is 1. The predicted molar refractivity (Wildman–Crippen MR) is 133 cm³/mol. The maximum absolute atomic E-state index is 13.1. The molecule has 2 aromatic rings. The van der Waals surface area contributed by atoms with Crippen LogP contribution in [0, 0.1) is 10.8 Å². The smallest absolute Gasteiger partial charge is 0.231 e. The third kappa shape index (κ3) is 4.18. The molecule has 0 unspecified atom stereocenters. The number of rotatable bonds is 7. The summed E-state index contributed by atoms with van der Waals surface area (Å²) in [4.78, 5) is 22.6. The zero-order chi connectivity index (χ0) is 23.2. The number of benzene rings is 1. The number of allylic oxidation sites excluding steroid dienone is 2. The lowest BCUT2D eigenvalue weighted by atomic mass is 9.34. The molecule has 1 aromatic heterocycles. The molecule has 33 heavy (non-hydrogen) atoms. The summed E-state index contributed by atoms with van der Waals surface area (Å²) in [6, 6.07) is 8.06. The lowest BCUT2D eigenvalue weighted by Gasteiger charge is -2.70. The van der Waals surface area contributed by atoms with E-state index in [0.29, 0.717) is 17.0 Å². The summed E-state index contributed by atoms with van der Waals surface area (Å²) in [5, 5.41) is 5.15. The van der Waals surface area contributed by atoms with Gasteiger partial charge in [0.15, 0.2) is 0 Å². The average Bonchev–Trinajstić information content (AvgIpc) is 2.74. The Balaban J connectivity index is 1.23. The van der Waals surface area contributed by atoms with E-state index in [1.165, 1.54) is 0 Å². The summed E-state index contributed by atoms with van der Waals surface area (Å²) in [7, 11) is 2.19. The van der Waals surface area contributed by atoms with Crippen LogP contribution in [0.3, 0.4) is 0 Å². The Hall–Kier alpha value is -2.70. The maximum Gasteiger partial charge on any atom is 0.231 e. The minimum Gasteiger partial charge on any atom is -0.462 e. The van der Waals surface area contributed by atoms with Crippen LogP contribution in [0.1, 0.15) is 38.7 Å². The first-order valence-electron chi connectivity index (χ1n) is 11.9. The molecule has 0 atom stereocenters. The topological polar surface area (TPSA) is 57.7 Å². The number of hydrogen-bond donors (Lipinski definition) is 1. The number of anilines is 1. The molecule has 1 aromatic carbocycles. The average molecular weight is 447 g/mol. The van der Waals surface area contributed by atoms with E-state index in [1.54, 1.807) is 0 Å². The van der Waals surface area contributed by atoms with Gasteiger partial charge < -0.3 is 19.9 Å². The number of fused-ring (bicyclic) bond motifs is 1. The first-order valence-corrected chi connectivity index (χ1v) is 11.9. The van der Waals surface area contributed by atoms with Gasteiger partial charge in [-0.25, -0.2) is 4.98 Å². The quantitative estimate of drug-likeness (QED) is 0.635. The van der Waals surface area contributed by atoms with Gasteiger partial charge in [0, 0.05) is 49.9 Å². The number of carbonyl (C=O) groups excluding carboxylic acids is 1. The number of carbonyl (C=O) groups is 1. The molecule has 3 aliphatic carbocycles. The number of nitrogens with one attached hydrogen (secondary N) is 1. The van der Waals surface area contributed by atoms with E-state index < -0.39 is 0 Å². The fraction of sp³-hybridized carbons (Fsp3) is 0.481. The minimum atomic E-state index is -0.182. The van der Waals surface area contributed by atoms with Crippen LogP contribution in [0.4, 0.5) is 5.82 Å². The van der Waals surface area contributed by atoms with Crippen LogP contribution < -0.4 is 5.32 Å². The van der Waals surface area contributed by atoms with Gasteiger partial charge >= 0.3 is 0 Å². The Bertz CT molecular complexity index is 1110. The molecule has 4 aliphatic rings. The second kappa shape index (κ2) is 8.26. The van der Waals surface area contributed by atoms with Gasteiger partial charge in [0.1, 0.15) is 11.6 Å². The summed E-state index contributed by atoms with van der Waals surface area (Å²) in [6.07, 6.45) is 6.79. The van der Waals surface area contributed by atoms with Crippen molar-refractivity contribution in [2.24, 2.45) is 10.8 Å². The number of piperazine rings is 1. The van der Waals surface area contributed by atoms with Crippen molar-refractivity contribution < 1.29 is 9.53 Å². The molecule has 1 amide bonds. The lowest BCUT2D eigenvalue weighted by molar-refractivity contribution is -0.210. The fourth-order valence-corrected chi connectivity index (χ4v) is 5.97. The standard InChI is InChI=1S/C27H34N4O2/c1-5-23(33-19(2)3)20-6-7-21-14-28-24(13-22(21)12-20)29-25(32)27-15-26(16-27,17-27)18-31-10-8-30(4)9-11-31/h5-7,12-14H,2,8-11,15-18H2,1,3-4H3,(H,28,29,32)/b23-5-. The SMILES string of the molecule is C=C(C)O/C(=C\C)c1ccc2cnc(NC(=O)C34CC(CN5CCN(C)CC5)(C3)C4)cc2c1. The molecule has 6 heteroatoms. The van der Waals surface area contributed by atoms with Crippen molar-refractivity contribution >= 4 is 28.3 Å². The zero-order valence-electron chi connectivity index (χ0n) is 20.0. The molecule has 2 bridgehead atoms. The number of pyridine rings is 1. The third-order valence-corrected chi connectivity index (χ3v) is 7.57. The molecule has 174 valence electrons. The van der Waals surface area contributed by atoms with Crippen LogP contribution in [0.2, 0.25) is 0 Å². The van der Waals surface area contributed by atoms with Crippen LogP contribution in [0.15, 0.2) is 48.9 Å². The molecule has 6 rings (SSSR count). The number of ether oxygens (including phenoxy) is 1. The van der Waals surface area contributed by atoms with Crippen molar-refractivity contribution in [3.8, 4) is 0 Å². The largest absolute Gasteiger partial charge is 0.462 e. The van der Waals surface area contributed by atoms with Crippen LogP contribution in [-0.2, 0) is 9.53 Å². The Morgan fingerprint density at radius 2 is 1.91 bits per heavy atom. The maximum atomic E-state index is 13.1. The van der Waals surface area contributed by atoms with E-state index >= 15 is 0 Å². The van der Waals surface area contributed by atoms with E-state index in [9.17, 15) is 4.79 Å². The number of nitrogens with zero attached hydrogens (tertiary/aromatic N) is 3. The molecule has 2 heterocycles. The van der Waals surface area contributed by atoms with E-state index in [1.807, 2.05) is 44.3 Å². The molecule has 6 nitrogen and oxygen atoms in total. The Kier molecular flexibility index (Phi) is 5.53. The number of aromatic nitrogens is 1. The Morgan fingerprint density at radius 1 is 1.18 bits per heavy atom. The molecule has 1 aliphatic heterocycles. The summed E-state index contributed by atoms with van der Waals surface area (Å²) in [5.41, 5.74) is 1.16. The first kappa shape index (κ1) is 22.1. The predicted octanol–water partition coefficient (Wildman–Crippen LogP) is 4.50. The van der Waals surface area contributed by atoms with Crippen molar-refractivity contribution in [1.82, 2.24) is 14.8 Å². The second-order valence-electron chi connectivity index (χ2n) is 10.4. The van der Waals surface area contributed by atoms with Gasteiger partial charge in [0.25, 0.3) is 0 Å². The molecule has 1 N–H and O–H groups in total. The van der Waals surface area contributed by atoms with Gasteiger partial charge in [0.05, 0.1) is 11.2 Å². The van der Waals surface area contributed by atoms with Crippen molar-refractivity contribution in [2.45, 2.75) is 33.1 Å². The van der Waals surface area contributed by atoms with E-state index in [0.717, 1.165) is 74.1 Å². The van der Waals surface area contributed by atoms with Crippen molar-refractivity contribution in [3.05, 3.63) is 54.4 Å². The summed E-state index contributed by atoms with van der Waals surface area (Å²) < 4.78 is 5.75.